The number of halogens is 2. The van der Waals surface area contributed by atoms with E-state index < -0.39 is 16.0 Å². The Kier molecular flexibility index (Phi) is 7.13. The van der Waals surface area contributed by atoms with Gasteiger partial charge in [-0.05, 0) is 48.4 Å². The Labute approximate surface area is 172 Å². The van der Waals surface area contributed by atoms with Gasteiger partial charge in [0.15, 0.2) is 5.75 Å². The Bertz CT molecular complexity index is 1030. The molecule has 28 heavy (non-hydrogen) atoms. The van der Waals surface area contributed by atoms with Crippen LogP contribution < -0.4 is 9.46 Å². The molecule has 2 N–H and O–H groups in total. The van der Waals surface area contributed by atoms with Gasteiger partial charge in [-0.25, -0.2) is 8.42 Å². The van der Waals surface area contributed by atoms with Gasteiger partial charge in [-0.3, -0.25) is 9.52 Å². The zero-order valence-electron chi connectivity index (χ0n) is 14.7. The molecule has 0 aromatic heterocycles. The number of carboxylic acids is 1. The van der Waals surface area contributed by atoms with Gasteiger partial charge in [0.1, 0.15) is 6.61 Å². The van der Waals surface area contributed by atoms with Crippen LogP contribution in [0.4, 0.5) is 5.69 Å². The number of carboxylic acid groups (broad SMARTS) is 1. The van der Waals surface area contributed by atoms with Crippen LogP contribution in [-0.2, 0) is 27.8 Å². The number of benzene rings is 2. The minimum absolute atomic E-state index is 0.0336. The van der Waals surface area contributed by atoms with Gasteiger partial charge in [0.2, 0.25) is 10.0 Å². The number of aliphatic carboxylic acids is 1. The molecule has 0 heterocycles. The van der Waals surface area contributed by atoms with Crippen LogP contribution in [0, 0.1) is 11.3 Å². The fourth-order valence-electron chi connectivity index (χ4n) is 2.33. The van der Waals surface area contributed by atoms with Gasteiger partial charge in [-0.15, -0.1) is 0 Å². The maximum Gasteiger partial charge on any atom is 0.307 e. The summed E-state index contributed by atoms with van der Waals surface area (Å²) in [6.07, 6.45) is -0.231. The van der Waals surface area contributed by atoms with Gasteiger partial charge in [-0.2, -0.15) is 5.26 Å². The summed E-state index contributed by atoms with van der Waals surface area (Å²) in [7, 11) is -3.50. The van der Waals surface area contributed by atoms with Crippen LogP contribution in [0.2, 0.25) is 10.0 Å². The first-order chi connectivity index (χ1) is 13.1. The van der Waals surface area contributed by atoms with Gasteiger partial charge >= 0.3 is 5.97 Å². The number of carbonyl (C=O) groups is 1. The molecule has 0 saturated carbocycles. The third-order valence-corrected chi connectivity index (χ3v) is 5.44. The summed E-state index contributed by atoms with van der Waals surface area (Å²) in [5.41, 5.74) is 1.45. The van der Waals surface area contributed by atoms with Crippen molar-refractivity contribution in [2.45, 2.75) is 20.0 Å². The number of rotatable bonds is 8. The second kappa shape index (κ2) is 9.15. The second-order valence-electron chi connectivity index (χ2n) is 5.78. The number of nitriles is 1. The van der Waals surface area contributed by atoms with Gasteiger partial charge in [0.25, 0.3) is 0 Å². The molecule has 10 heteroatoms. The first-order valence-corrected chi connectivity index (χ1v) is 10.4. The lowest BCUT2D eigenvalue weighted by Gasteiger charge is -2.13. The number of hydrogen-bond donors (Lipinski definition) is 2. The van der Waals surface area contributed by atoms with Crippen LogP contribution in [0.5, 0.6) is 5.75 Å². The van der Waals surface area contributed by atoms with Gasteiger partial charge in [0, 0.05) is 0 Å². The van der Waals surface area contributed by atoms with Crippen molar-refractivity contribution in [1.29, 1.82) is 5.26 Å². The molecule has 0 aliphatic rings. The molecule has 2 aromatic rings. The van der Waals surface area contributed by atoms with E-state index in [0.717, 1.165) is 0 Å². The van der Waals surface area contributed by atoms with Crippen molar-refractivity contribution < 1.29 is 23.1 Å². The number of hydrogen-bond acceptors (Lipinski definition) is 5. The van der Waals surface area contributed by atoms with Gasteiger partial charge < -0.3 is 9.84 Å². The van der Waals surface area contributed by atoms with Crippen molar-refractivity contribution in [3.63, 3.8) is 0 Å². The number of ether oxygens (including phenoxy) is 1. The van der Waals surface area contributed by atoms with Crippen LogP contribution in [-0.4, -0.2) is 25.2 Å². The van der Waals surface area contributed by atoms with Gasteiger partial charge in [0.05, 0.1) is 39.5 Å². The fourth-order valence-corrected chi connectivity index (χ4v) is 3.60. The number of sulfonamides is 1. The lowest BCUT2D eigenvalue weighted by molar-refractivity contribution is -0.136. The summed E-state index contributed by atoms with van der Waals surface area (Å²) in [5, 5.41) is 18.3. The van der Waals surface area contributed by atoms with Crippen molar-refractivity contribution in [3.05, 3.63) is 57.1 Å². The third-order valence-electron chi connectivity index (χ3n) is 3.57. The SMILES string of the molecule is CCS(=O)(=O)Nc1cc(C#N)cc(COc2c(Cl)cc(CC(=O)O)cc2Cl)c1. The Morgan fingerprint density at radius 3 is 2.36 bits per heavy atom. The zero-order valence-corrected chi connectivity index (χ0v) is 17.0. The molecular formula is C18H16Cl2N2O5S. The number of nitrogens with zero attached hydrogens (tertiary/aromatic N) is 1. The van der Waals surface area contributed by atoms with Crippen LogP contribution in [0.25, 0.3) is 0 Å². The first-order valence-electron chi connectivity index (χ1n) is 8.00. The monoisotopic (exact) mass is 442 g/mol. The maximum absolute atomic E-state index is 11.8. The lowest BCUT2D eigenvalue weighted by atomic mass is 10.1. The van der Waals surface area contributed by atoms with E-state index in [0.29, 0.717) is 11.1 Å². The largest absolute Gasteiger partial charge is 0.486 e. The van der Waals surface area contributed by atoms with E-state index in [1.54, 1.807) is 6.07 Å². The molecule has 0 aliphatic carbocycles. The molecule has 0 aliphatic heterocycles. The minimum atomic E-state index is -3.50. The lowest BCUT2D eigenvalue weighted by Crippen LogP contribution is -2.15. The number of nitrogens with one attached hydrogen (secondary N) is 1. The fraction of sp³-hybridized carbons (Fsp3) is 0.222. The maximum atomic E-state index is 11.8. The second-order valence-corrected chi connectivity index (χ2v) is 8.61. The van der Waals surface area contributed by atoms with Crippen LogP contribution in [0.15, 0.2) is 30.3 Å². The molecule has 148 valence electrons. The molecule has 0 spiro atoms. The predicted molar refractivity (Wildman–Crippen MR) is 106 cm³/mol. The molecule has 2 aromatic carbocycles. The molecule has 0 atom stereocenters. The molecule has 0 bridgehead atoms. The molecule has 0 amide bonds. The molecule has 0 fully saturated rings. The van der Waals surface area contributed by atoms with E-state index in [1.165, 1.54) is 31.2 Å². The van der Waals surface area contributed by atoms with Crippen LogP contribution in [0.3, 0.4) is 0 Å². The highest BCUT2D eigenvalue weighted by molar-refractivity contribution is 7.92. The van der Waals surface area contributed by atoms with E-state index >= 15 is 0 Å². The molecule has 7 nitrogen and oxygen atoms in total. The standard InChI is InChI=1S/C18H16Cl2N2O5S/c1-2-28(25,26)22-14-4-12(9-21)3-13(5-14)10-27-18-15(19)6-11(7-16(18)20)8-17(23)24/h3-7,22H,2,8,10H2,1H3,(H,23,24). The van der Waals surface area contributed by atoms with Crippen molar-refractivity contribution in [2.24, 2.45) is 0 Å². The minimum Gasteiger partial charge on any atom is -0.486 e. The smallest absolute Gasteiger partial charge is 0.307 e. The Morgan fingerprint density at radius 2 is 1.82 bits per heavy atom. The highest BCUT2D eigenvalue weighted by Crippen LogP contribution is 2.35. The van der Waals surface area contributed by atoms with Gasteiger partial charge in [-0.1, -0.05) is 23.2 Å². The van der Waals surface area contributed by atoms with Crippen LogP contribution >= 0.6 is 23.2 Å². The van der Waals surface area contributed by atoms with E-state index in [2.05, 4.69) is 4.72 Å². The average Bonchev–Trinajstić information content (AvgIpc) is 2.59. The summed E-state index contributed by atoms with van der Waals surface area (Å²) < 4.78 is 31.5. The molecule has 2 rings (SSSR count). The summed E-state index contributed by atoms with van der Waals surface area (Å²) in [6, 6.07) is 9.35. The van der Waals surface area contributed by atoms with E-state index in [4.69, 9.17) is 38.3 Å². The van der Waals surface area contributed by atoms with Crippen molar-refractivity contribution in [3.8, 4) is 11.8 Å². The normalized spacial score (nSPS) is 10.9. The highest BCUT2D eigenvalue weighted by Gasteiger charge is 2.13. The van der Waals surface area contributed by atoms with E-state index in [-0.39, 0.29) is 45.8 Å². The summed E-state index contributed by atoms with van der Waals surface area (Å²) in [4.78, 5) is 10.8. The number of anilines is 1. The molecular weight excluding hydrogens is 427 g/mol. The Morgan fingerprint density at radius 1 is 1.18 bits per heavy atom. The highest BCUT2D eigenvalue weighted by atomic mass is 35.5. The summed E-state index contributed by atoms with van der Waals surface area (Å²) >= 11 is 12.3. The average molecular weight is 443 g/mol. The molecule has 0 radical (unpaired) electrons. The zero-order chi connectivity index (χ0) is 20.9. The first kappa shape index (κ1) is 21.8. The van der Waals surface area contributed by atoms with E-state index in [1.807, 2.05) is 6.07 Å². The van der Waals surface area contributed by atoms with E-state index in [9.17, 15) is 13.2 Å². The Balaban J connectivity index is 2.25. The quantitative estimate of drug-likeness (QED) is 0.641. The Hall–Kier alpha value is -2.47. The molecule has 0 saturated heterocycles. The van der Waals surface area contributed by atoms with Crippen molar-refractivity contribution in [1.82, 2.24) is 0 Å². The van der Waals surface area contributed by atoms with Crippen molar-refractivity contribution >= 4 is 44.9 Å². The third kappa shape index (κ3) is 6.02. The molecule has 0 unspecified atom stereocenters. The topological polar surface area (TPSA) is 116 Å². The summed E-state index contributed by atoms with van der Waals surface area (Å²) in [5.74, 6) is -0.963. The summed E-state index contributed by atoms with van der Waals surface area (Å²) in [6.45, 7) is 1.46. The predicted octanol–water partition coefficient (Wildman–Crippen LogP) is 3.83. The van der Waals surface area contributed by atoms with Crippen molar-refractivity contribution in [2.75, 3.05) is 10.5 Å². The van der Waals surface area contributed by atoms with Crippen LogP contribution in [0.1, 0.15) is 23.6 Å².